The summed E-state index contributed by atoms with van der Waals surface area (Å²) in [4.78, 5) is 29.1. The van der Waals surface area contributed by atoms with Crippen LogP contribution >= 0.6 is 0 Å². The van der Waals surface area contributed by atoms with E-state index in [1.54, 1.807) is 10.8 Å². The van der Waals surface area contributed by atoms with E-state index >= 15 is 0 Å². The average Bonchev–Trinajstić information content (AvgIpc) is 3.15. The fourth-order valence-corrected chi connectivity index (χ4v) is 3.24. The maximum atomic E-state index is 4.71. The Morgan fingerprint density at radius 1 is 0.964 bits per heavy atom. The van der Waals surface area contributed by atoms with E-state index in [1.807, 2.05) is 25.9 Å². The lowest BCUT2D eigenvalue weighted by Crippen LogP contribution is -2.48. The number of fused-ring (bicyclic) bond motifs is 1. The topological polar surface area (TPSA) is 91.5 Å². The highest BCUT2D eigenvalue weighted by atomic mass is 15.4. The molecule has 4 heterocycles. The van der Waals surface area contributed by atoms with Crippen molar-refractivity contribution in [3.8, 4) is 0 Å². The van der Waals surface area contributed by atoms with E-state index < -0.39 is 0 Å². The van der Waals surface area contributed by atoms with Gasteiger partial charge in [-0.25, -0.2) is 4.98 Å². The zero-order valence-electron chi connectivity index (χ0n) is 17.0. The van der Waals surface area contributed by atoms with E-state index in [9.17, 15) is 0 Å². The Kier molecular flexibility index (Phi) is 4.70. The first-order valence-corrected chi connectivity index (χ1v) is 9.53. The fourth-order valence-electron chi connectivity index (χ4n) is 3.24. The number of rotatable bonds is 4. The van der Waals surface area contributed by atoms with E-state index in [1.165, 1.54) is 0 Å². The number of aryl methyl sites for hydroxylation is 1. The molecular formula is C18H26N10. The minimum Gasteiger partial charge on any atom is -0.353 e. The largest absolute Gasteiger partial charge is 0.353 e. The van der Waals surface area contributed by atoms with Gasteiger partial charge in [-0.05, 0) is 6.92 Å². The quantitative estimate of drug-likeness (QED) is 0.658. The molecule has 0 radical (unpaired) electrons. The molecule has 3 aromatic rings. The molecule has 4 rings (SSSR count). The predicted molar refractivity (Wildman–Crippen MR) is 108 cm³/mol. The van der Waals surface area contributed by atoms with Crippen molar-refractivity contribution in [3.63, 3.8) is 0 Å². The first kappa shape index (κ1) is 18.3. The van der Waals surface area contributed by atoms with Crippen molar-refractivity contribution in [2.75, 3.05) is 55.0 Å². The molecule has 0 spiro atoms. The highest BCUT2D eigenvalue weighted by Crippen LogP contribution is 2.22. The number of anilines is 3. The van der Waals surface area contributed by atoms with Crippen molar-refractivity contribution in [1.29, 1.82) is 0 Å². The summed E-state index contributed by atoms with van der Waals surface area (Å²) in [6.07, 6.45) is 1.54. The summed E-state index contributed by atoms with van der Waals surface area (Å²) >= 11 is 0. The Hall–Kier alpha value is -3.04. The third-order valence-corrected chi connectivity index (χ3v) is 4.79. The SMILES string of the molecule is Cc1cc(N2CCN(c3nc(C(C)C)nc(N(C)C)n3)CC2)n2ncnc2n1. The fraction of sp³-hybridized carbons (Fsp3) is 0.556. The zero-order valence-corrected chi connectivity index (χ0v) is 17.0. The van der Waals surface area contributed by atoms with Crippen molar-refractivity contribution in [2.45, 2.75) is 26.7 Å². The van der Waals surface area contributed by atoms with E-state index in [0.29, 0.717) is 11.7 Å². The molecule has 0 amide bonds. The molecule has 0 bridgehead atoms. The van der Waals surface area contributed by atoms with Gasteiger partial charge in [0.1, 0.15) is 18.0 Å². The van der Waals surface area contributed by atoms with Gasteiger partial charge in [0, 0.05) is 58.0 Å². The molecule has 1 fully saturated rings. The third kappa shape index (κ3) is 3.41. The van der Waals surface area contributed by atoms with Crippen LogP contribution in [0.4, 0.5) is 17.7 Å². The molecule has 0 aromatic carbocycles. The molecule has 0 aliphatic carbocycles. The van der Waals surface area contributed by atoms with Gasteiger partial charge in [-0.3, -0.25) is 0 Å². The van der Waals surface area contributed by atoms with E-state index in [0.717, 1.165) is 49.5 Å². The zero-order chi connectivity index (χ0) is 19.8. The van der Waals surface area contributed by atoms with Crippen molar-refractivity contribution in [3.05, 3.63) is 23.9 Å². The number of hydrogen-bond donors (Lipinski definition) is 0. The van der Waals surface area contributed by atoms with Crippen LogP contribution in [0.1, 0.15) is 31.3 Å². The van der Waals surface area contributed by atoms with Crippen LogP contribution in [0.25, 0.3) is 5.78 Å². The Morgan fingerprint density at radius 3 is 2.36 bits per heavy atom. The molecule has 10 nitrogen and oxygen atoms in total. The molecule has 3 aromatic heterocycles. The number of piperazine rings is 1. The lowest BCUT2D eigenvalue weighted by molar-refractivity contribution is 0.619. The molecule has 0 atom stereocenters. The van der Waals surface area contributed by atoms with Gasteiger partial charge in [-0.1, -0.05) is 13.8 Å². The summed E-state index contributed by atoms with van der Waals surface area (Å²) in [5, 5.41) is 4.32. The Morgan fingerprint density at radius 2 is 1.68 bits per heavy atom. The lowest BCUT2D eigenvalue weighted by Gasteiger charge is -2.36. The summed E-state index contributed by atoms with van der Waals surface area (Å²) in [6.45, 7) is 9.53. The molecule has 0 unspecified atom stereocenters. The minimum atomic E-state index is 0.252. The second-order valence-corrected chi connectivity index (χ2v) is 7.54. The molecule has 10 heteroatoms. The molecule has 0 saturated carbocycles. The van der Waals surface area contributed by atoms with Crippen LogP contribution in [0.2, 0.25) is 0 Å². The number of hydrogen-bond acceptors (Lipinski definition) is 9. The van der Waals surface area contributed by atoms with Gasteiger partial charge >= 0.3 is 0 Å². The summed E-state index contributed by atoms with van der Waals surface area (Å²) in [7, 11) is 3.91. The minimum absolute atomic E-state index is 0.252. The first-order chi connectivity index (χ1) is 13.4. The van der Waals surface area contributed by atoms with Gasteiger partial charge in [0.05, 0.1) is 0 Å². The van der Waals surface area contributed by atoms with E-state index in [-0.39, 0.29) is 5.92 Å². The average molecular weight is 382 g/mol. The van der Waals surface area contributed by atoms with Gasteiger partial charge < -0.3 is 14.7 Å². The van der Waals surface area contributed by atoms with Gasteiger partial charge in [-0.2, -0.15) is 29.5 Å². The van der Waals surface area contributed by atoms with Crippen molar-refractivity contribution >= 4 is 23.5 Å². The smallest absolute Gasteiger partial charge is 0.254 e. The highest BCUT2D eigenvalue weighted by Gasteiger charge is 2.23. The summed E-state index contributed by atoms with van der Waals surface area (Å²) < 4.78 is 1.80. The summed E-state index contributed by atoms with van der Waals surface area (Å²) in [5.41, 5.74) is 0.938. The van der Waals surface area contributed by atoms with Gasteiger partial charge in [-0.15, -0.1) is 0 Å². The maximum Gasteiger partial charge on any atom is 0.254 e. The predicted octanol–water partition coefficient (Wildman–Crippen LogP) is 1.13. The van der Waals surface area contributed by atoms with Gasteiger partial charge in [0.15, 0.2) is 0 Å². The summed E-state index contributed by atoms with van der Waals surface area (Å²) in [5.74, 6) is 4.18. The van der Waals surface area contributed by atoms with Crippen LogP contribution in [-0.4, -0.2) is 74.8 Å². The monoisotopic (exact) mass is 382 g/mol. The Balaban J connectivity index is 1.56. The van der Waals surface area contributed by atoms with Crippen molar-refractivity contribution in [1.82, 2.24) is 34.5 Å². The van der Waals surface area contributed by atoms with Gasteiger partial charge in [0.2, 0.25) is 11.9 Å². The van der Waals surface area contributed by atoms with Crippen LogP contribution in [0.3, 0.4) is 0 Å². The molecule has 1 aliphatic heterocycles. The molecule has 148 valence electrons. The van der Waals surface area contributed by atoms with Crippen molar-refractivity contribution in [2.24, 2.45) is 0 Å². The van der Waals surface area contributed by atoms with Crippen LogP contribution in [0.5, 0.6) is 0 Å². The third-order valence-electron chi connectivity index (χ3n) is 4.79. The van der Waals surface area contributed by atoms with Crippen LogP contribution < -0.4 is 14.7 Å². The second-order valence-electron chi connectivity index (χ2n) is 7.54. The standard InChI is InChI=1S/C18H26N10/c1-12(2)15-22-17(25(4)5)24-18(23-15)27-8-6-26(7-9-27)14-10-13(3)21-16-19-11-20-28(14)16/h10-12H,6-9H2,1-5H3. The molecule has 28 heavy (non-hydrogen) atoms. The normalized spacial score (nSPS) is 14.9. The lowest BCUT2D eigenvalue weighted by atomic mass is 10.2. The second kappa shape index (κ2) is 7.17. The number of nitrogens with zero attached hydrogens (tertiary/aromatic N) is 10. The highest BCUT2D eigenvalue weighted by molar-refractivity contribution is 5.49. The Labute approximate surface area is 164 Å². The molecule has 1 saturated heterocycles. The van der Waals surface area contributed by atoms with Crippen LogP contribution in [0, 0.1) is 6.92 Å². The Bertz CT molecular complexity index is 945. The summed E-state index contributed by atoms with van der Waals surface area (Å²) in [6, 6.07) is 2.06. The van der Waals surface area contributed by atoms with Crippen LogP contribution in [0.15, 0.2) is 12.4 Å². The molecule has 1 aliphatic rings. The van der Waals surface area contributed by atoms with E-state index in [4.69, 9.17) is 4.98 Å². The maximum absolute atomic E-state index is 4.71. The van der Waals surface area contributed by atoms with Crippen molar-refractivity contribution < 1.29 is 0 Å². The first-order valence-electron chi connectivity index (χ1n) is 9.53. The number of aromatic nitrogens is 7. The van der Waals surface area contributed by atoms with E-state index in [2.05, 4.69) is 54.7 Å². The molecular weight excluding hydrogens is 356 g/mol. The molecule has 0 N–H and O–H groups in total. The van der Waals surface area contributed by atoms with Gasteiger partial charge in [0.25, 0.3) is 5.78 Å². The van der Waals surface area contributed by atoms with Crippen LogP contribution in [-0.2, 0) is 0 Å².